The Morgan fingerprint density at radius 2 is 2.00 bits per heavy atom. The maximum atomic E-state index is 13.6. The van der Waals surface area contributed by atoms with Gasteiger partial charge in [0, 0.05) is 26.2 Å². The van der Waals surface area contributed by atoms with Crippen molar-refractivity contribution in [2.24, 2.45) is 0 Å². The fourth-order valence-electron chi connectivity index (χ4n) is 2.50. The molecule has 1 N–H and O–H groups in total. The summed E-state index contributed by atoms with van der Waals surface area (Å²) in [4.78, 5) is 16.2. The lowest BCUT2D eigenvalue weighted by Gasteiger charge is -2.21. The van der Waals surface area contributed by atoms with Gasteiger partial charge in [0.15, 0.2) is 0 Å². The third-order valence-electron chi connectivity index (χ3n) is 3.66. The van der Waals surface area contributed by atoms with Gasteiger partial charge in [-0.3, -0.25) is 9.69 Å². The summed E-state index contributed by atoms with van der Waals surface area (Å²) in [7, 11) is 0. The Bertz CT molecular complexity index is 453. The molecule has 1 heterocycles. The van der Waals surface area contributed by atoms with Crippen LogP contribution in [0.25, 0.3) is 0 Å². The molecule has 2 rings (SSSR count). The second kappa shape index (κ2) is 7.36. The molecule has 0 radical (unpaired) electrons. The highest BCUT2D eigenvalue weighted by Gasteiger charge is 2.19. The molecule has 1 saturated heterocycles. The summed E-state index contributed by atoms with van der Waals surface area (Å²) in [5.41, 5.74) is 0.453. The summed E-state index contributed by atoms with van der Waals surface area (Å²) in [6.45, 7) is 3.80. The molecule has 110 valence electrons. The average molecular weight is 280 g/mol. The van der Waals surface area contributed by atoms with E-state index in [4.69, 9.17) is 5.11 Å². The first-order valence-electron chi connectivity index (χ1n) is 7.05. The molecule has 0 spiro atoms. The first-order chi connectivity index (χ1) is 9.70. The van der Waals surface area contributed by atoms with Crippen molar-refractivity contribution in [1.82, 2.24) is 9.80 Å². The van der Waals surface area contributed by atoms with E-state index in [1.54, 1.807) is 23.1 Å². The number of amides is 1. The van der Waals surface area contributed by atoms with Crippen molar-refractivity contribution in [3.05, 3.63) is 35.6 Å². The van der Waals surface area contributed by atoms with Crippen LogP contribution in [0.2, 0.25) is 0 Å². The van der Waals surface area contributed by atoms with Crippen LogP contribution in [-0.2, 0) is 11.2 Å². The van der Waals surface area contributed by atoms with Crippen LogP contribution in [-0.4, -0.2) is 60.1 Å². The third kappa shape index (κ3) is 4.02. The van der Waals surface area contributed by atoms with Crippen LogP contribution in [0.3, 0.4) is 0 Å². The zero-order chi connectivity index (χ0) is 14.4. The summed E-state index contributed by atoms with van der Waals surface area (Å²) in [6.07, 6.45) is 1.01. The fraction of sp³-hybridized carbons (Fsp3) is 0.533. The molecule has 1 aromatic rings. The minimum atomic E-state index is -0.322. The van der Waals surface area contributed by atoms with Crippen molar-refractivity contribution >= 4 is 5.91 Å². The van der Waals surface area contributed by atoms with E-state index in [1.807, 2.05) is 0 Å². The van der Waals surface area contributed by atoms with Crippen molar-refractivity contribution in [1.29, 1.82) is 0 Å². The van der Waals surface area contributed by atoms with Crippen molar-refractivity contribution < 1.29 is 14.3 Å². The lowest BCUT2D eigenvalue weighted by atomic mass is 10.1. The second-order valence-electron chi connectivity index (χ2n) is 5.07. The van der Waals surface area contributed by atoms with E-state index in [0.717, 1.165) is 19.5 Å². The first-order valence-corrected chi connectivity index (χ1v) is 7.05. The van der Waals surface area contributed by atoms with Gasteiger partial charge in [0.25, 0.3) is 0 Å². The number of benzene rings is 1. The van der Waals surface area contributed by atoms with Crippen molar-refractivity contribution in [2.75, 3.05) is 39.3 Å². The van der Waals surface area contributed by atoms with Gasteiger partial charge in [-0.15, -0.1) is 0 Å². The van der Waals surface area contributed by atoms with E-state index in [0.29, 0.717) is 25.2 Å². The van der Waals surface area contributed by atoms with Gasteiger partial charge in [0.1, 0.15) is 5.82 Å². The van der Waals surface area contributed by atoms with E-state index < -0.39 is 0 Å². The normalized spacial score (nSPS) is 17.0. The number of carbonyl (C=O) groups excluding carboxylic acids is 1. The summed E-state index contributed by atoms with van der Waals surface area (Å²) in [6, 6.07) is 6.41. The highest BCUT2D eigenvalue weighted by Crippen LogP contribution is 2.10. The number of halogens is 1. The summed E-state index contributed by atoms with van der Waals surface area (Å²) < 4.78 is 13.6. The van der Waals surface area contributed by atoms with Crippen molar-refractivity contribution in [3.63, 3.8) is 0 Å². The van der Waals surface area contributed by atoms with Crippen LogP contribution in [0.15, 0.2) is 24.3 Å². The molecule has 0 saturated carbocycles. The highest BCUT2D eigenvalue weighted by molar-refractivity contribution is 5.78. The van der Waals surface area contributed by atoms with Crippen LogP contribution in [0.4, 0.5) is 4.39 Å². The summed E-state index contributed by atoms with van der Waals surface area (Å²) in [5, 5.41) is 8.95. The average Bonchev–Trinajstić information content (AvgIpc) is 2.67. The number of nitrogens with zero attached hydrogens (tertiary/aromatic N) is 2. The zero-order valence-corrected chi connectivity index (χ0v) is 11.6. The van der Waals surface area contributed by atoms with Crippen molar-refractivity contribution in [3.8, 4) is 0 Å². The van der Waals surface area contributed by atoms with E-state index in [-0.39, 0.29) is 24.8 Å². The summed E-state index contributed by atoms with van der Waals surface area (Å²) in [5.74, 6) is -0.349. The number of aliphatic hydroxyl groups excluding tert-OH is 1. The van der Waals surface area contributed by atoms with Gasteiger partial charge in [0.05, 0.1) is 13.0 Å². The fourth-order valence-corrected chi connectivity index (χ4v) is 2.50. The Balaban J connectivity index is 1.91. The molecular weight excluding hydrogens is 259 g/mol. The van der Waals surface area contributed by atoms with Crippen LogP contribution in [0.1, 0.15) is 12.0 Å². The highest BCUT2D eigenvalue weighted by atomic mass is 19.1. The standard InChI is InChI=1S/C15H21FN2O2/c16-14-5-2-1-4-13(14)12-15(20)18-7-3-6-17(8-9-18)10-11-19/h1-2,4-5,19H,3,6-12H2. The molecular formula is C15H21FN2O2. The number of carbonyl (C=O) groups is 1. The predicted octanol–water partition coefficient (Wildman–Crippen LogP) is 0.895. The van der Waals surface area contributed by atoms with Crippen LogP contribution >= 0.6 is 0 Å². The topological polar surface area (TPSA) is 43.8 Å². The van der Waals surface area contributed by atoms with Gasteiger partial charge in [-0.25, -0.2) is 4.39 Å². The molecule has 0 bridgehead atoms. The smallest absolute Gasteiger partial charge is 0.227 e. The molecule has 1 aromatic carbocycles. The minimum Gasteiger partial charge on any atom is -0.395 e. The van der Waals surface area contributed by atoms with Gasteiger partial charge in [-0.1, -0.05) is 18.2 Å². The monoisotopic (exact) mass is 280 g/mol. The quantitative estimate of drug-likeness (QED) is 0.891. The number of hydrogen-bond acceptors (Lipinski definition) is 3. The number of aliphatic hydroxyl groups is 1. The number of hydrogen-bond donors (Lipinski definition) is 1. The zero-order valence-electron chi connectivity index (χ0n) is 11.6. The van der Waals surface area contributed by atoms with Crippen LogP contribution in [0.5, 0.6) is 0 Å². The maximum absolute atomic E-state index is 13.6. The molecule has 0 atom stereocenters. The van der Waals surface area contributed by atoms with Gasteiger partial charge >= 0.3 is 0 Å². The molecule has 1 aliphatic rings. The van der Waals surface area contributed by atoms with E-state index in [2.05, 4.69) is 4.90 Å². The van der Waals surface area contributed by atoms with Crippen LogP contribution in [0, 0.1) is 5.82 Å². The molecule has 4 nitrogen and oxygen atoms in total. The summed E-state index contributed by atoms with van der Waals surface area (Å²) >= 11 is 0. The third-order valence-corrected chi connectivity index (χ3v) is 3.66. The van der Waals surface area contributed by atoms with Gasteiger partial charge < -0.3 is 10.0 Å². The van der Waals surface area contributed by atoms with Crippen LogP contribution < -0.4 is 0 Å². The molecule has 0 aromatic heterocycles. The molecule has 1 fully saturated rings. The molecule has 0 aliphatic carbocycles. The molecule has 1 aliphatic heterocycles. The predicted molar refractivity (Wildman–Crippen MR) is 74.8 cm³/mol. The Kier molecular flexibility index (Phi) is 5.49. The number of rotatable bonds is 4. The molecule has 5 heteroatoms. The minimum absolute atomic E-state index is 0.0269. The van der Waals surface area contributed by atoms with E-state index in [1.165, 1.54) is 6.07 Å². The largest absolute Gasteiger partial charge is 0.395 e. The second-order valence-corrected chi connectivity index (χ2v) is 5.07. The van der Waals surface area contributed by atoms with E-state index in [9.17, 15) is 9.18 Å². The first kappa shape index (κ1) is 14.9. The number of β-amino-alcohol motifs (C(OH)–C–C–N with tert-alkyl or cyclic N) is 1. The Hall–Kier alpha value is -1.46. The molecule has 1 amide bonds. The van der Waals surface area contributed by atoms with Gasteiger partial charge in [0.2, 0.25) is 5.91 Å². The SMILES string of the molecule is O=C(Cc1ccccc1F)N1CCCN(CCO)CC1. The molecule has 0 unspecified atom stereocenters. The maximum Gasteiger partial charge on any atom is 0.227 e. The Morgan fingerprint density at radius 3 is 2.75 bits per heavy atom. The van der Waals surface area contributed by atoms with Crippen molar-refractivity contribution in [2.45, 2.75) is 12.8 Å². The van der Waals surface area contributed by atoms with E-state index >= 15 is 0 Å². The van der Waals surface area contributed by atoms with Gasteiger partial charge in [-0.2, -0.15) is 0 Å². The molecule has 20 heavy (non-hydrogen) atoms. The Labute approximate surface area is 118 Å². The van der Waals surface area contributed by atoms with Gasteiger partial charge in [-0.05, 0) is 24.6 Å². The lowest BCUT2D eigenvalue weighted by Crippen LogP contribution is -2.36. The lowest BCUT2D eigenvalue weighted by molar-refractivity contribution is -0.130. The Morgan fingerprint density at radius 1 is 1.20 bits per heavy atom.